The number of aliphatic imine (C=N–C) groups is 2. The zero-order valence-corrected chi connectivity index (χ0v) is 13.8. The molecule has 2 aromatic rings. The fraction of sp³-hybridized carbons (Fsp3) is 0.222. The van der Waals surface area contributed by atoms with E-state index in [1.54, 1.807) is 38.1 Å². The van der Waals surface area contributed by atoms with E-state index < -0.39 is 23.9 Å². The minimum Gasteiger partial charge on any atom is -0.228 e. The van der Waals surface area contributed by atoms with Gasteiger partial charge in [-0.15, -0.1) is 0 Å². The first-order valence-corrected chi connectivity index (χ1v) is 7.43. The third kappa shape index (κ3) is 4.71. The number of para-hydroxylation sites is 1. The molecule has 0 saturated carbocycles. The van der Waals surface area contributed by atoms with Gasteiger partial charge in [-0.25, -0.2) is 9.98 Å². The van der Waals surface area contributed by atoms with Crippen LogP contribution in [0, 0.1) is 13.8 Å². The number of hydrogen-bond donors (Lipinski definition) is 0. The standard InChI is InChI=1S/C18H14F6N2/c1-11-7-6-8-12(2)14(11)25-15(13-9-4-3-5-10-13)26-16(17(19,20)21)18(22,23)24/h3-10H,1-2H3. The first-order valence-electron chi connectivity index (χ1n) is 7.43. The van der Waals surface area contributed by atoms with Crippen LogP contribution in [0.25, 0.3) is 0 Å². The fourth-order valence-electron chi connectivity index (χ4n) is 2.22. The number of rotatable bonds is 2. The summed E-state index contributed by atoms with van der Waals surface area (Å²) in [4.78, 5) is 6.91. The Bertz CT molecular complexity index is 797. The van der Waals surface area contributed by atoms with E-state index in [-0.39, 0.29) is 11.3 Å². The molecular formula is C18H14F6N2. The van der Waals surface area contributed by atoms with Crippen LogP contribution in [0.1, 0.15) is 16.7 Å². The molecule has 0 aliphatic rings. The van der Waals surface area contributed by atoms with Gasteiger partial charge in [0.1, 0.15) is 0 Å². The van der Waals surface area contributed by atoms with Crippen molar-refractivity contribution in [3.63, 3.8) is 0 Å². The largest absolute Gasteiger partial charge is 0.438 e. The Morgan fingerprint density at radius 2 is 1.23 bits per heavy atom. The summed E-state index contributed by atoms with van der Waals surface area (Å²) in [5, 5.41) is 0. The van der Waals surface area contributed by atoms with Crippen LogP contribution < -0.4 is 0 Å². The van der Waals surface area contributed by atoms with Crippen LogP contribution in [0.3, 0.4) is 0 Å². The second-order valence-electron chi connectivity index (χ2n) is 5.50. The van der Waals surface area contributed by atoms with E-state index in [0.717, 1.165) is 0 Å². The van der Waals surface area contributed by atoms with Gasteiger partial charge in [0.15, 0.2) is 5.84 Å². The molecule has 0 aromatic heterocycles. The van der Waals surface area contributed by atoms with Crippen molar-refractivity contribution >= 4 is 17.2 Å². The quantitative estimate of drug-likeness (QED) is 0.354. The summed E-state index contributed by atoms with van der Waals surface area (Å²) in [6.07, 6.45) is -11.3. The highest BCUT2D eigenvalue weighted by Gasteiger charge is 2.53. The van der Waals surface area contributed by atoms with E-state index in [1.807, 2.05) is 0 Å². The van der Waals surface area contributed by atoms with Crippen molar-refractivity contribution in [2.75, 3.05) is 0 Å². The van der Waals surface area contributed by atoms with Crippen LogP contribution in [0.15, 0.2) is 58.5 Å². The number of nitrogens with zero attached hydrogens (tertiary/aromatic N) is 2. The molecule has 8 heteroatoms. The van der Waals surface area contributed by atoms with E-state index in [1.165, 1.54) is 24.3 Å². The second-order valence-corrected chi connectivity index (χ2v) is 5.50. The first-order chi connectivity index (χ1) is 12.0. The molecule has 0 aliphatic heterocycles. The molecule has 0 spiro atoms. The summed E-state index contributed by atoms with van der Waals surface area (Å²) in [5.74, 6) is -0.660. The van der Waals surface area contributed by atoms with E-state index in [9.17, 15) is 26.3 Å². The van der Waals surface area contributed by atoms with E-state index >= 15 is 0 Å². The average molecular weight is 372 g/mol. The summed E-state index contributed by atoms with van der Waals surface area (Å²) in [5.41, 5.74) is -1.32. The first kappa shape index (κ1) is 19.7. The van der Waals surface area contributed by atoms with E-state index in [2.05, 4.69) is 9.98 Å². The van der Waals surface area contributed by atoms with E-state index in [0.29, 0.717) is 11.1 Å². The van der Waals surface area contributed by atoms with Crippen molar-refractivity contribution in [2.24, 2.45) is 9.98 Å². The number of benzene rings is 2. The molecular weight excluding hydrogens is 358 g/mol. The van der Waals surface area contributed by atoms with Crippen molar-refractivity contribution < 1.29 is 26.3 Å². The van der Waals surface area contributed by atoms with Gasteiger partial charge in [0.2, 0.25) is 5.71 Å². The highest BCUT2D eigenvalue weighted by molar-refractivity contribution is 6.10. The Balaban J connectivity index is 2.74. The predicted octanol–water partition coefficient (Wildman–Crippen LogP) is 5.95. The topological polar surface area (TPSA) is 24.7 Å². The SMILES string of the molecule is Cc1cccc(C)c1N=C(N=C(C(F)(F)F)C(F)(F)F)c1ccccc1. The summed E-state index contributed by atoms with van der Waals surface area (Å²) in [6.45, 7) is 3.32. The molecule has 26 heavy (non-hydrogen) atoms. The molecule has 0 amide bonds. The molecule has 0 radical (unpaired) electrons. The molecule has 0 fully saturated rings. The summed E-state index contributed by atoms with van der Waals surface area (Å²) in [6, 6.07) is 12.3. The number of amidine groups is 1. The van der Waals surface area contributed by atoms with Crippen LogP contribution in [0.4, 0.5) is 32.0 Å². The van der Waals surface area contributed by atoms with Crippen LogP contribution in [0.2, 0.25) is 0 Å². The zero-order valence-electron chi connectivity index (χ0n) is 13.8. The second kappa shape index (κ2) is 7.31. The number of hydrogen-bond acceptors (Lipinski definition) is 1. The van der Waals surface area contributed by atoms with Gasteiger partial charge in [-0.3, -0.25) is 0 Å². The highest BCUT2D eigenvalue weighted by atomic mass is 19.4. The van der Waals surface area contributed by atoms with Gasteiger partial charge in [-0.1, -0.05) is 48.5 Å². The smallest absolute Gasteiger partial charge is 0.228 e. The van der Waals surface area contributed by atoms with Crippen molar-refractivity contribution in [2.45, 2.75) is 26.2 Å². The van der Waals surface area contributed by atoms with Crippen LogP contribution in [-0.2, 0) is 0 Å². The lowest BCUT2D eigenvalue weighted by molar-refractivity contribution is -0.117. The Hall–Kier alpha value is -2.64. The third-order valence-corrected chi connectivity index (χ3v) is 3.44. The highest BCUT2D eigenvalue weighted by Crippen LogP contribution is 2.31. The zero-order chi connectivity index (χ0) is 19.5. The lowest BCUT2D eigenvalue weighted by Gasteiger charge is -2.14. The normalized spacial score (nSPS) is 12.8. The van der Waals surface area contributed by atoms with Crippen molar-refractivity contribution in [1.82, 2.24) is 0 Å². The van der Waals surface area contributed by atoms with Crippen molar-refractivity contribution in [3.8, 4) is 0 Å². The monoisotopic (exact) mass is 372 g/mol. The lowest BCUT2D eigenvalue weighted by Crippen LogP contribution is -2.37. The predicted molar refractivity (Wildman–Crippen MR) is 88.1 cm³/mol. The molecule has 0 N–H and O–H groups in total. The minimum atomic E-state index is -5.66. The molecule has 2 rings (SSSR count). The van der Waals surface area contributed by atoms with Gasteiger partial charge in [0.25, 0.3) is 0 Å². The van der Waals surface area contributed by atoms with Crippen molar-refractivity contribution in [3.05, 3.63) is 65.2 Å². The Kier molecular flexibility index (Phi) is 5.53. The number of aryl methyl sites for hydroxylation is 2. The molecule has 2 aromatic carbocycles. The van der Waals surface area contributed by atoms with E-state index in [4.69, 9.17) is 0 Å². The Labute approximate surface area is 145 Å². The molecule has 138 valence electrons. The molecule has 0 atom stereocenters. The third-order valence-electron chi connectivity index (χ3n) is 3.44. The Morgan fingerprint density at radius 1 is 0.731 bits per heavy atom. The molecule has 0 bridgehead atoms. The lowest BCUT2D eigenvalue weighted by atomic mass is 10.1. The van der Waals surface area contributed by atoms with Crippen molar-refractivity contribution in [1.29, 1.82) is 0 Å². The molecule has 2 nitrogen and oxygen atoms in total. The number of alkyl halides is 6. The van der Waals surface area contributed by atoms with Crippen LogP contribution in [0.5, 0.6) is 0 Å². The van der Waals surface area contributed by atoms with Crippen LogP contribution >= 0.6 is 0 Å². The summed E-state index contributed by atoms with van der Waals surface area (Å²) >= 11 is 0. The van der Waals surface area contributed by atoms with Gasteiger partial charge in [-0.05, 0) is 25.0 Å². The number of halogens is 6. The Morgan fingerprint density at radius 3 is 1.69 bits per heavy atom. The summed E-state index contributed by atoms with van der Waals surface area (Å²) in [7, 11) is 0. The van der Waals surface area contributed by atoms with Crippen LogP contribution in [-0.4, -0.2) is 23.9 Å². The molecule has 0 saturated heterocycles. The minimum absolute atomic E-state index is 0.0427. The van der Waals surface area contributed by atoms with Gasteiger partial charge in [0.05, 0.1) is 5.69 Å². The molecule has 0 heterocycles. The maximum absolute atomic E-state index is 12.9. The fourth-order valence-corrected chi connectivity index (χ4v) is 2.22. The van der Waals surface area contributed by atoms with Gasteiger partial charge >= 0.3 is 12.4 Å². The molecule has 0 aliphatic carbocycles. The molecule has 0 unspecified atom stereocenters. The van der Waals surface area contributed by atoms with Gasteiger partial charge in [-0.2, -0.15) is 26.3 Å². The summed E-state index contributed by atoms with van der Waals surface area (Å²) < 4.78 is 77.3. The average Bonchev–Trinajstić information content (AvgIpc) is 2.52. The maximum Gasteiger partial charge on any atom is 0.438 e. The van der Waals surface area contributed by atoms with Gasteiger partial charge in [0, 0.05) is 5.56 Å². The van der Waals surface area contributed by atoms with Gasteiger partial charge < -0.3 is 0 Å². The maximum atomic E-state index is 12.9.